The summed E-state index contributed by atoms with van der Waals surface area (Å²) in [6.45, 7) is 10.0. The molecule has 0 saturated heterocycles. The number of rotatable bonds is 0. The van der Waals surface area contributed by atoms with Gasteiger partial charge < -0.3 is 0 Å². The van der Waals surface area contributed by atoms with Gasteiger partial charge in [-0.1, -0.05) is 18.6 Å². The fraction of sp³-hybridized carbons (Fsp3) is 0.625. The molecule has 44 valence electrons. The second-order valence-corrected chi connectivity index (χ2v) is 2.74. The standard InChI is InChI=1S/C8H12/c1-6-4-7(2)8(3)5-6/h2,5,7-8H,4H2,1,3H3. The van der Waals surface area contributed by atoms with Gasteiger partial charge in [-0.2, -0.15) is 0 Å². The van der Waals surface area contributed by atoms with Gasteiger partial charge in [0.15, 0.2) is 0 Å². The number of hydrogen-bond acceptors (Lipinski definition) is 0. The molecule has 0 nitrogen and oxygen atoms in total. The summed E-state index contributed by atoms with van der Waals surface area (Å²) in [6, 6.07) is 0. The normalized spacial score (nSPS) is 37.6. The molecular formula is C8H12. The Balaban J connectivity index is 2.56. The van der Waals surface area contributed by atoms with Crippen LogP contribution in [0.1, 0.15) is 20.3 Å². The van der Waals surface area contributed by atoms with E-state index in [4.69, 9.17) is 6.92 Å². The minimum atomic E-state index is 0.398. The predicted molar refractivity (Wildman–Crippen MR) is 35.3 cm³/mol. The Hall–Kier alpha value is -0.260. The van der Waals surface area contributed by atoms with E-state index in [9.17, 15) is 0 Å². The van der Waals surface area contributed by atoms with Gasteiger partial charge in [0.2, 0.25) is 0 Å². The van der Waals surface area contributed by atoms with Crippen molar-refractivity contribution < 1.29 is 0 Å². The Morgan fingerprint density at radius 1 is 1.75 bits per heavy atom. The first-order valence-electron chi connectivity index (χ1n) is 3.13. The van der Waals surface area contributed by atoms with Crippen LogP contribution in [0.4, 0.5) is 0 Å². The van der Waals surface area contributed by atoms with Crippen molar-refractivity contribution in [2.45, 2.75) is 20.3 Å². The van der Waals surface area contributed by atoms with Crippen LogP contribution < -0.4 is 0 Å². The summed E-state index contributed by atoms with van der Waals surface area (Å²) >= 11 is 0. The molecule has 0 aromatic rings. The van der Waals surface area contributed by atoms with Crippen LogP contribution in [0, 0.1) is 18.8 Å². The van der Waals surface area contributed by atoms with Gasteiger partial charge in [0.25, 0.3) is 0 Å². The maximum atomic E-state index is 5.72. The summed E-state index contributed by atoms with van der Waals surface area (Å²) in [7, 11) is 0. The Labute approximate surface area is 51.6 Å². The fourth-order valence-electron chi connectivity index (χ4n) is 1.20. The van der Waals surface area contributed by atoms with Crippen molar-refractivity contribution in [3.63, 3.8) is 0 Å². The summed E-state index contributed by atoms with van der Waals surface area (Å²) < 4.78 is 0. The summed E-state index contributed by atoms with van der Waals surface area (Å²) in [5.41, 5.74) is 1.45. The predicted octanol–water partition coefficient (Wildman–Crippen LogP) is 2.30. The van der Waals surface area contributed by atoms with Crippen LogP contribution in [0.25, 0.3) is 0 Å². The van der Waals surface area contributed by atoms with Crippen LogP contribution in [0.3, 0.4) is 0 Å². The molecule has 0 bridgehead atoms. The summed E-state index contributed by atoms with van der Waals surface area (Å²) in [4.78, 5) is 0. The lowest BCUT2D eigenvalue weighted by Gasteiger charge is -2.04. The molecule has 0 spiro atoms. The van der Waals surface area contributed by atoms with Crippen molar-refractivity contribution in [3.8, 4) is 0 Å². The average Bonchev–Trinajstić information content (AvgIpc) is 1.85. The zero-order chi connectivity index (χ0) is 6.15. The van der Waals surface area contributed by atoms with E-state index in [1.165, 1.54) is 5.57 Å². The Bertz CT molecular complexity index is 111. The molecule has 0 aliphatic heterocycles. The van der Waals surface area contributed by atoms with E-state index in [1.807, 2.05) is 0 Å². The van der Waals surface area contributed by atoms with Crippen molar-refractivity contribution in [1.29, 1.82) is 0 Å². The van der Waals surface area contributed by atoms with Gasteiger partial charge in [0.1, 0.15) is 0 Å². The van der Waals surface area contributed by atoms with E-state index >= 15 is 0 Å². The van der Waals surface area contributed by atoms with Gasteiger partial charge in [-0.25, -0.2) is 0 Å². The van der Waals surface area contributed by atoms with E-state index in [0.717, 1.165) is 6.42 Å². The van der Waals surface area contributed by atoms with Gasteiger partial charge in [0.05, 0.1) is 0 Å². The molecule has 8 heavy (non-hydrogen) atoms. The molecule has 0 N–H and O–H groups in total. The van der Waals surface area contributed by atoms with Crippen LogP contribution >= 0.6 is 0 Å². The topological polar surface area (TPSA) is 0 Å². The van der Waals surface area contributed by atoms with Crippen molar-refractivity contribution in [2.24, 2.45) is 11.8 Å². The maximum Gasteiger partial charge on any atom is -0.0225 e. The lowest BCUT2D eigenvalue weighted by molar-refractivity contribution is 0.546. The Morgan fingerprint density at radius 2 is 2.38 bits per heavy atom. The molecule has 2 unspecified atom stereocenters. The van der Waals surface area contributed by atoms with E-state index in [1.54, 1.807) is 0 Å². The van der Waals surface area contributed by atoms with Gasteiger partial charge >= 0.3 is 0 Å². The molecular weight excluding hydrogens is 96.1 g/mol. The van der Waals surface area contributed by atoms with Crippen LogP contribution in [0.5, 0.6) is 0 Å². The first-order chi connectivity index (χ1) is 3.70. The van der Waals surface area contributed by atoms with Gasteiger partial charge in [-0.3, -0.25) is 0 Å². The quantitative estimate of drug-likeness (QED) is 0.418. The summed E-state index contributed by atoms with van der Waals surface area (Å²) in [5.74, 6) is 1.00. The van der Waals surface area contributed by atoms with E-state index < -0.39 is 0 Å². The molecule has 1 aliphatic rings. The zero-order valence-corrected chi connectivity index (χ0v) is 5.52. The first-order valence-corrected chi connectivity index (χ1v) is 3.13. The highest BCUT2D eigenvalue weighted by Crippen LogP contribution is 2.28. The molecule has 0 heterocycles. The molecule has 0 aromatic heterocycles. The molecule has 0 fully saturated rings. The highest BCUT2D eigenvalue weighted by atomic mass is 14.2. The third-order valence-electron chi connectivity index (χ3n) is 1.78. The smallest absolute Gasteiger partial charge is 0.0225 e. The lowest BCUT2D eigenvalue weighted by Crippen LogP contribution is -1.97. The van der Waals surface area contributed by atoms with E-state index in [2.05, 4.69) is 19.9 Å². The highest BCUT2D eigenvalue weighted by molar-refractivity contribution is 5.10. The van der Waals surface area contributed by atoms with E-state index in [-0.39, 0.29) is 0 Å². The van der Waals surface area contributed by atoms with Crippen LogP contribution in [-0.4, -0.2) is 0 Å². The van der Waals surface area contributed by atoms with Crippen molar-refractivity contribution in [2.75, 3.05) is 0 Å². The third-order valence-corrected chi connectivity index (χ3v) is 1.78. The third kappa shape index (κ3) is 0.936. The maximum absolute atomic E-state index is 5.72. The van der Waals surface area contributed by atoms with Gasteiger partial charge in [0, 0.05) is 0 Å². The Kier molecular flexibility index (Phi) is 1.41. The monoisotopic (exact) mass is 108 g/mol. The van der Waals surface area contributed by atoms with Crippen LogP contribution in [0.15, 0.2) is 11.6 Å². The molecule has 0 aromatic carbocycles. The SMILES string of the molecule is [CH]C1CC(C)=CC1C. The zero-order valence-electron chi connectivity index (χ0n) is 5.52. The van der Waals surface area contributed by atoms with Crippen molar-refractivity contribution in [3.05, 3.63) is 18.6 Å². The fourth-order valence-corrected chi connectivity index (χ4v) is 1.20. The lowest BCUT2D eigenvalue weighted by atomic mass is 10.0. The molecule has 1 aliphatic carbocycles. The highest BCUT2D eigenvalue weighted by Gasteiger charge is 2.16. The molecule has 0 amide bonds. The largest absolute Gasteiger partial charge is 0.0825 e. The number of hydrogen-bond donors (Lipinski definition) is 0. The minimum Gasteiger partial charge on any atom is -0.0825 e. The first kappa shape index (κ1) is 5.87. The van der Waals surface area contributed by atoms with E-state index in [0.29, 0.717) is 11.8 Å². The second kappa shape index (κ2) is 1.93. The molecule has 2 atom stereocenters. The summed E-state index contributed by atoms with van der Waals surface area (Å²) in [6.07, 6.45) is 3.35. The molecule has 1 rings (SSSR count). The van der Waals surface area contributed by atoms with Crippen molar-refractivity contribution in [1.82, 2.24) is 0 Å². The van der Waals surface area contributed by atoms with Crippen LogP contribution in [0.2, 0.25) is 0 Å². The Morgan fingerprint density at radius 3 is 2.50 bits per heavy atom. The molecule has 0 heteroatoms. The van der Waals surface area contributed by atoms with Crippen molar-refractivity contribution >= 4 is 0 Å². The molecule has 0 saturated carbocycles. The molecule has 2 radical (unpaired) electrons. The van der Waals surface area contributed by atoms with Crippen LogP contribution in [-0.2, 0) is 0 Å². The average molecular weight is 108 g/mol. The van der Waals surface area contributed by atoms with Gasteiger partial charge in [-0.15, -0.1) is 0 Å². The minimum absolute atomic E-state index is 0.398. The number of allylic oxidation sites excluding steroid dienone is 2. The van der Waals surface area contributed by atoms with Gasteiger partial charge in [-0.05, 0) is 32.1 Å². The second-order valence-electron chi connectivity index (χ2n) is 2.74. The summed E-state index contributed by atoms with van der Waals surface area (Å²) in [5, 5.41) is 0.